The number of aromatic nitrogens is 1. The van der Waals surface area contributed by atoms with Crippen molar-refractivity contribution in [3.63, 3.8) is 0 Å². The van der Waals surface area contributed by atoms with Crippen LogP contribution in [0, 0.1) is 0 Å². The van der Waals surface area contributed by atoms with Gasteiger partial charge in [0.05, 0.1) is 4.47 Å². The summed E-state index contributed by atoms with van der Waals surface area (Å²) in [5.74, 6) is 0.719. The van der Waals surface area contributed by atoms with Crippen molar-refractivity contribution in [3.05, 3.63) is 62.9 Å². The summed E-state index contributed by atoms with van der Waals surface area (Å²) in [7, 11) is 0. The van der Waals surface area contributed by atoms with Gasteiger partial charge in [-0.15, -0.1) is 0 Å². The van der Waals surface area contributed by atoms with Crippen LogP contribution in [0.25, 0.3) is 0 Å². The SMILES string of the molecule is O=c1cc(NCc2ccccc2)[nH]cc1Br. The van der Waals surface area contributed by atoms with Crippen LogP contribution >= 0.6 is 15.9 Å². The van der Waals surface area contributed by atoms with Crippen molar-refractivity contribution in [1.29, 1.82) is 0 Å². The molecule has 0 spiro atoms. The molecule has 1 heterocycles. The molecule has 0 unspecified atom stereocenters. The molecule has 0 radical (unpaired) electrons. The lowest BCUT2D eigenvalue weighted by molar-refractivity contribution is 1.10. The van der Waals surface area contributed by atoms with Gasteiger partial charge in [0.2, 0.25) is 0 Å². The maximum atomic E-state index is 11.3. The van der Waals surface area contributed by atoms with Crippen LogP contribution < -0.4 is 10.7 Å². The molecule has 0 aliphatic heterocycles. The molecule has 0 aliphatic rings. The number of pyridine rings is 1. The number of nitrogens with one attached hydrogen (secondary N) is 2. The first-order valence-electron chi connectivity index (χ1n) is 4.92. The predicted octanol–water partition coefficient (Wildman–Crippen LogP) is 2.75. The van der Waals surface area contributed by atoms with E-state index in [-0.39, 0.29) is 5.43 Å². The molecule has 3 nitrogen and oxygen atoms in total. The van der Waals surface area contributed by atoms with E-state index in [1.54, 1.807) is 6.20 Å². The summed E-state index contributed by atoms with van der Waals surface area (Å²) in [5.41, 5.74) is 1.14. The Bertz CT molecular complexity index is 522. The number of hydrogen-bond acceptors (Lipinski definition) is 2. The number of halogens is 1. The molecule has 0 saturated heterocycles. The molecular formula is C12H11BrN2O. The number of rotatable bonds is 3. The molecule has 0 saturated carbocycles. The van der Waals surface area contributed by atoms with Crippen molar-refractivity contribution in [2.45, 2.75) is 6.54 Å². The Morgan fingerprint density at radius 1 is 1.25 bits per heavy atom. The van der Waals surface area contributed by atoms with Crippen LogP contribution in [0.2, 0.25) is 0 Å². The third-order valence-corrected chi connectivity index (χ3v) is 2.81. The maximum absolute atomic E-state index is 11.3. The van der Waals surface area contributed by atoms with Crippen molar-refractivity contribution in [3.8, 4) is 0 Å². The number of H-pyrrole nitrogens is 1. The molecule has 16 heavy (non-hydrogen) atoms. The molecule has 2 rings (SSSR count). The molecule has 0 fully saturated rings. The van der Waals surface area contributed by atoms with Crippen LogP contribution in [-0.2, 0) is 6.54 Å². The zero-order valence-corrected chi connectivity index (χ0v) is 10.1. The van der Waals surface area contributed by atoms with Crippen molar-refractivity contribution in [2.24, 2.45) is 0 Å². The largest absolute Gasteiger partial charge is 0.367 e. The van der Waals surface area contributed by atoms with Crippen molar-refractivity contribution < 1.29 is 0 Å². The van der Waals surface area contributed by atoms with Crippen molar-refractivity contribution >= 4 is 21.7 Å². The Morgan fingerprint density at radius 2 is 2.00 bits per heavy atom. The summed E-state index contributed by atoms with van der Waals surface area (Å²) in [4.78, 5) is 14.3. The van der Waals surface area contributed by atoms with E-state index < -0.39 is 0 Å². The Morgan fingerprint density at radius 3 is 2.69 bits per heavy atom. The highest BCUT2D eigenvalue weighted by atomic mass is 79.9. The van der Waals surface area contributed by atoms with Gasteiger partial charge < -0.3 is 10.3 Å². The van der Waals surface area contributed by atoms with Gasteiger partial charge in [-0.3, -0.25) is 4.79 Å². The summed E-state index contributed by atoms with van der Waals surface area (Å²) < 4.78 is 0.540. The summed E-state index contributed by atoms with van der Waals surface area (Å²) in [5, 5.41) is 3.15. The van der Waals surface area contributed by atoms with Crippen molar-refractivity contribution in [1.82, 2.24) is 4.98 Å². The first-order chi connectivity index (χ1) is 7.75. The highest BCUT2D eigenvalue weighted by Crippen LogP contribution is 2.06. The third kappa shape index (κ3) is 2.73. The molecule has 0 atom stereocenters. The number of hydrogen-bond donors (Lipinski definition) is 2. The van der Waals surface area contributed by atoms with E-state index in [2.05, 4.69) is 26.2 Å². The van der Waals surface area contributed by atoms with Gasteiger partial charge in [-0.25, -0.2) is 0 Å². The zero-order valence-electron chi connectivity index (χ0n) is 8.53. The fourth-order valence-electron chi connectivity index (χ4n) is 1.35. The number of benzene rings is 1. The van der Waals surface area contributed by atoms with Crippen LogP contribution in [0.5, 0.6) is 0 Å². The topological polar surface area (TPSA) is 44.9 Å². The van der Waals surface area contributed by atoms with Crippen LogP contribution in [0.15, 0.2) is 51.9 Å². The molecule has 0 bridgehead atoms. The van der Waals surface area contributed by atoms with Gasteiger partial charge in [0.25, 0.3) is 0 Å². The smallest absolute Gasteiger partial charge is 0.197 e. The summed E-state index contributed by atoms with van der Waals surface area (Å²) in [6.45, 7) is 0.693. The van der Waals surface area contributed by atoms with E-state index in [4.69, 9.17) is 0 Å². The fraction of sp³-hybridized carbons (Fsp3) is 0.0833. The van der Waals surface area contributed by atoms with Crippen LogP contribution in [0.4, 0.5) is 5.82 Å². The Hall–Kier alpha value is -1.55. The average molecular weight is 279 g/mol. The van der Waals surface area contributed by atoms with Crippen LogP contribution in [0.3, 0.4) is 0 Å². The molecule has 2 N–H and O–H groups in total. The van der Waals surface area contributed by atoms with Gasteiger partial charge in [-0.05, 0) is 21.5 Å². The van der Waals surface area contributed by atoms with E-state index in [0.29, 0.717) is 11.0 Å². The number of anilines is 1. The van der Waals surface area contributed by atoms with Gasteiger partial charge in [0.1, 0.15) is 5.82 Å². The second-order valence-corrected chi connectivity index (χ2v) is 4.25. The highest BCUT2D eigenvalue weighted by molar-refractivity contribution is 9.10. The minimum absolute atomic E-state index is 0.0330. The monoisotopic (exact) mass is 278 g/mol. The lowest BCUT2D eigenvalue weighted by atomic mass is 10.2. The molecule has 0 amide bonds. The summed E-state index contributed by atoms with van der Waals surface area (Å²) >= 11 is 3.15. The van der Waals surface area contributed by atoms with Crippen LogP contribution in [-0.4, -0.2) is 4.98 Å². The third-order valence-electron chi connectivity index (χ3n) is 2.19. The second-order valence-electron chi connectivity index (χ2n) is 3.40. The lowest BCUT2D eigenvalue weighted by Gasteiger charge is -2.05. The van der Waals surface area contributed by atoms with E-state index >= 15 is 0 Å². The van der Waals surface area contributed by atoms with Gasteiger partial charge in [0.15, 0.2) is 5.43 Å². The first kappa shape index (κ1) is 11.0. The molecule has 2 aromatic rings. The molecular weight excluding hydrogens is 268 g/mol. The maximum Gasteiger partial charge on any atom is 0.197 e. The highest BCUT2D eigenvalue weighted by Gasteiger charge is 1.97. The first-order valence-corrected chi connectivity index (χ1v) is 5.71. The Labute approximate surface area is 102 Å². The quantitative estimate of drug-likeness (QED) is 0.907. The van der Waals surface area contributed by atoms with E-state index in [9.17, 15) is 4.79 Å². The van der Waals surface area contributed by atoms with Gasteiger partial charge in [0, 0.05) is 18.8 Å². The molecule has 82 valence electrons. The zero-order chi connectivity index (χ0) is 11.4. The normalized spacial score (nSPS) is 10.1. The van der Waals surface area contributed by atoms with Gasteiger partial charge in [-0.1, -0.05) is 30.3 Å². The summed E-state index contributed by atoms with van der Waals surface area (Å²) in [6, 6.07) is 11.6. The average Bonchev–Trinajstić information content (AvgIpc) is 2.32. The van der Waals surface area contributed by atoms with E-state index in [1.165, 1.54) is 11.6 Å². The van der Waals surface area contributed by atoms with Gasteiger partial charge in [-0.2, -0.15) is 0 Å². The van der Waals surface area contributed by atoms with E-state index in [1.807, 2.05) is 30.3 Å². The van der Waals surface area contributed by atoms with Crippen LogP contribution in [0.1, 0.15) is 5.56 Å². The Balaban J connectivity index is 2.05. The number of aromatic amines is 1. The minimum atomic E-state index is -0.0330. The standard InChI is InChI=1S/C12H11BrN2O/c13-10-8-15-12(6-11(10)16)14-7-9-4-2-1-3-5-9/h1-6,8H,7H2,(H2,14,15,16). The molecule has 4 heteroatoms. The lowest BCUT2D eigenvalue weighted by Crippen LogP contribution is -2.07. The predicted molar refractivity (Wildman–Crippen MR) is 68.5 cm³/mol. The minimum Gasteiger partial charge on any atom is -0.367 e. The van der Waals surface area contributed by atoms with Gasteiger partial charge >= 0.3 is 0 Å². The Kier molecular flexibility index (Phi) is 3.41. The fourth-order valence-corrected chi connectivity index (χ4v) is 1.58. The summed E-state index contributed by atoms with van der Waals surface area (Å²) in [6.07, 6.45) is 1.63. The van der Waals surface area contributed by atoms with Crippen molar-refractivity contribution in [2.75, 3.05) is 5.32 Å². The molecule has 1 aromatic heterocycles. The molecule has 1 aromatic carbocycles. The second kappa shape index (κ2) is 4.99. The molecule has 0 aliphatic carbocycles. The van der Waals surface area contributed by atoms with E-state index in [0.717, 1.165) is 5.82 Å².